The van der Waals surface area contributed by atoms with Gasteiger partial charge in [0.15, 0.2) is 0 Å². The first-order chi connectivity index (χ1) is 9.75. The van der Waals surface area contributed by atoms with Gasteiger partial charge in [-0.3, -0.25) is 4.57 Å². The van der Waals surface area contributed by atoms with Crippen LogP contribution >= 0.6 is 0 Å². The largest absolute Gasteiger partial charge is 0.345 e. The second-order valence-electron chi connectivity index (χ2n) is 5.38. The van der Waals surface area contributed by atoms with Crippen molar-refractivity contribution in [3.05, 3.63) is 52.2 Å². The van der Waals surface area contributed by atoms with Crippen LogP contribution in [-0.2, 0) is 13.6 Å². The third-order valence-corrected chi connectivity index (χ3v) is 3.88. The molecule has 1 aromatic carbocycles. The minimum Gasteiger partial charge on any atom is -0.316 e. The number of piperidine rings is 1. The Hall–Kier alpha value is -1.88. The van der Waals surface area contributed by atoms with E-state index in [9.17, 15) is 4.79 Å². The number of hydrogen-bond donors (Lipinski definition) is 1. The summed E-state index contributed by atoms with van der Waals surface area (Å²) in [5.74, 6) is 1.25. The van der Waals surface area contributed by atoms with Crippen LogP contribution in [0.2, 0.25) is 0 Å². The Bertz CT molecular complexity index is 623. The summed E-state index contributed by atoms with van der Waals surface area (Å²) in [5, 5.41) is 7.85. The summed E-state index contributed by atoms with van der Waals surface area (Å²) in [6, 6.07) is 10.1. The van der Waals surface area contributed by atoms with Gasteiger partial charge >= 0.3 is 5.69 Å². The van der Waals surface area contributed by atoms with Gasteiger partial charge in [-0.2, -0.15) is 5.10 Å². The Balaban J connectivity index is 1.94. The van der Waals surface area contributed by atoms with Gasteiger partial charge in [0.2, 0.25) is 0 Å². The minimum atomic E-state index is -0.0329. The summed E-state index contributed by atoms with van der Waals surface area (Å²) in [4.78, 5) is 12.3. The molecule has 0 bridgehead atoms. The fraction of sp³-hybridized carbons (Fsp3) is 0.467. The van der Waals surface area contributed by atoms with Gasteiger partial charge in [-0.05, 0) is 24.9 Å². The van der Waals surface area contributed by atoms with E-state index in [0.717, 1.165) is 37.3 Å². The van der Waals surface area contributed by atoms with Gasteiger partial charge < -0.3 is 5.32 Å². The number of nitrogens with one attached hydrogen (secondary N) is 1. The molecule has 1 saturated heterocycles. The first-order valence-electron chi connectivity index (χ1n) is 7.14. The molecule has 0 aliphatic carbocycles. The molecule has 20 heavy (non-hydrogen) atoms. The van der Waals surface area contributed by atoms with Gasteiger partial charge in [0.05, 0.1) is 6.54 Å². The van der Waals surface area contributed by atoms with Crippen LogP contribution in [0, 0.1) is 0 Å². The summed E-state index contributed by atoms with van der Waals surface area (Å²) in [6.45, 7) is 2.57. The molecule has 106 valence electrons. The van der Waals surface area contributed by atoms with Crippen LogP contribution in [-0.4, -0.2) is 27.4 Å². The van der Waals surface area contributed by atoms with Crippen molar-refractivity contribution < 1.29 is 0 Å². The number of benzene rings is 1. The molecule has 5 nitrogen and oxygen atoms in total. The number of rotatable bonds is 3. The van der Waals surface area contributed by atoms with Crippen LogP contribution in [0.25, 0.3) is 0 Å². The van der Waals surface area contributed by atoms with Crippen LogP contribution in [0.1, 0.15) is 30.1 Å². The lowest BCUT2D eigenvalue weighted by molar-refractivity contribution is 0.433. The van der Waals surface area contributed by atoms with Crippen LogP contribution in [0.5, 0.6) is 0 Å². The minimum absolute atomic E-state index is 0.0329. The highest BCUT2D eigenvalue weighted by Crippen LogP contribution is 2.21. The van der Waals surface area contributed by atoms with Gasteiger partial charge in [0, 0.05) is 19.5 Å². The van der Waals surface area contributed by atoms with E-state index in [4.69, 9.17) is 0 Å². The summed E-state index contributed by atoms with van der Waals surface area (Å²) in [5.41, 5.74) is 1.10. The Morgan fingerprint density at radius 3 is 2.85 bits per heavy atom. The lowest BCUT2D eigenvalue weighted by atomic mass is 9.99. The Morgan fingerprint density at radius 1 is 1.35 bits per heavy atom. The zero-order valence-electron chi connectivity index (χ0n) is 11.7. The highest BCUT2D eigenvalue weighted by atomic mass is 16.2. The van der Waals surface area contributed by atoms with Crippen molar-refractivity contribution in [2.24, 2.45) is 7.05 Å². The number of hydrogen-bond acceptors (Lipinski definition) is 3. The van der Waals surface area contributed by atoms with Crippen molar-refractivity contribution >= 4 is 0 Å². The third kappa shape index (κ3) is 2.54. The molecule has 1 atom stereocenters. The average molecular weight is 272 g/mol. The molecule has 5 heteroatoms. The molecule has 1 aliphatic rings. The predicted octanol–water partition coefficient (Wildman–Crippen LogP) is 1.10. The lowest BCUT2D eigenvalue weighted by Gasteiger charge is -2.22. The molecular formula is C15H20N4O. The number of aromatic nitrogens is 3. The van der Waals surface area contributed by atoms with Crippen molar-refractivity contribution in [1.29, 1.82) is 0 Å². The normalized spacial score (nSPS) is 19.1. The quantitative estimate of drug-likeness (QED) is 0.910. The molecule has 3 rings (SSSR count). The molecule has 2 aromatic rings. The van der Waals surface area contributed by atoms with Crippen LogP contribution in [0.4, 0.5) is 0 Å². The maximum Gasteiger partial charge on any atom is 0.345 e. The summed E-state index contributed by atoms with van der Waals surface area (Å²) in [7, 11) is 1.73. The molecule has 1 aromatic heterocycles. The van der Waals surface area contributed by atoms with E-state index in [1.165, 1.54) is 4.68 Å². The molecular weight excluding hydrogens is 252 g/mol. The van der Waals surface area contributed by atoms with Crippen molar-refractivity contribution in [3.8, 4) is 0 Å². The van der Waals surface area contributed by atoms with Gasteiger partial charge in [-0.25, -0.2) is 9.48 Å². The van der Waals surface area contributed by atoms with E-state index in [-0.39, 0.29) is 5.69 Å². The van der Waals surface area contributed by atoms with Gasteiger partial charge in [-0.15, -0.1) is 0 Å². The van der Waals surface area contributed by atoms with Gasteiger partial charge in [-0.1, -0.05) is 30.3 Å². The second kappa shape index (κ2) is 5.63. The molecule has 1 fully saturated rings. The Morgan fingerprint density at radius 2 is 2.15 bits per heavy atom. The van der Waals surface area contributed by atoms with Crippen LogP contribution < -0.4 is 11.0 Å². The third-order valence-electron chi connectivity index (χ3n) is 3.88. The van der Waals surface area contributed by atoms with E-state index in [2.05, 4.69) is 10.4 Å². The van der Waals surface area contributed by atoms with Crippen LogP contribution in [0.3, 0.4) is 0 Å². The second-order valence-corrected chi connectivity index (χ2v) is 5.38. The standard InChI is InChI=1S/C15H20N4O/c1-18-15(20)19(11-12-6-3-2-4-7-12)14(17-18)13-8-5-9-16-10-13/h2-4,6-7,13,16H,5,8-11H2,1H3/t13-/m0/s1. The fourth-order valence-electron chi connectivity index (χ4n) is 2.81. The highest BCUT2D eigenvalue weighted by Gasteiger charge is 2.23. The van der Waals surface area contributed by atoms with E-state index in [1.54, 1.807) is 7.05 Å². The van der Waals surface area contributed by atoms with Gasteiger partial charge in [0.25, 0.3) is 0 Å². The lowest BCUT2D eigenvalue weighted by Crippen LogP contribution is -2.31. The molecule has 0 spiro atoms. The average Bonchev–Trinajstić information content (AvgIpc) is 2.78. The monoisotopic (exact) mass is 272 g/mol. The maximum absolute atomic E-state index is 12.3. The van der Waals surface area contributed by atoms with Crippen LogP contribution in [0.15, 0.2) is 35.1 Å². The molecule has 0 unspecified atom stereocenters. The first-order valence-corrected chi connectivity index (χ1v) is 7.14. The smallest absolute Gasteiger partial charge is 0.316 e. The predicted molar refractivity (Wildman–Crippen MR) is 77.9 cm³/mol. The molecule has 1 aliphatic heterocycles. The zero-order valence-corrected chi connectivity index (χ0v) is 11.7. The van der Waals surface area contributed by atoms with Crippen molar-refractivity contribution in [3.63, 3.8) is 0 Å². The summed E-state index contributed by atoms with van der Waals surface area (Å²) >= 11 is 0. The number of aryl methyl sites for hydroxylation is 1. The first kappa shape index (κ1) is 13.1. The van der Waals surface area contributed by atoms with E-state index in [1.807, 2.05) is 34.9 Å². The maximum atomic E-state index is 12.3. The van der Waals surface area contributed by atoms with Crippen molar-refractivity contribution in [1.82, 2.24) is 19.7 Å². The topological polar surface area (TPSA) is 51.9 Å². The molecule has 0 amide bonds. The summed E-state index contributed by atoms with van der Waals surface area (Å²) < 4.78 is 3.26. The fourth-order valence-corrected chi connectivity index (χ4v) is 2.81. The van der Waals surface area contributed by atoms with E-state index in [0.29, 0.717) is 12.5 Å². The molecule has 0 radical (unpaired) electrons. The Kier molecular flexibility index (Phi) is 3.69. The number of nitrogens with zero attached hydrogens (tertiary/aromatic N) is 3. The molecule has 2 heterocycles. The van der Waals surface area contributed by atoms with Crippen molar-refractivity contribution in [2.45, 2.75) is 25.3 Å². The SMILES string of the molecule is Cn1nc([C@H]2CCCNC2)n(Cc2ccccc2)c1=O. The zero-order chi connectivity index (χ0) is 13.9. The molecule has 1 N–H and O–H groups in total. The van der Waals surface area contributed by atoms with Crippen molar-refractivity contribution in [2.75, 3.05) is 13.1 Å². The van der Waals surface area contributed by atoms with E-state index < -0.39 is 0 Å². The molecule has 0 saturated carbocycles. The van der Waals surface area contributed by atoms with Gasteiger partial charge in [0.1, 0.15) is 5.82 Å². The highest BCUT2D eigenvalue weighted by molar-refractivity contribution is 5.16. The Labute approximate surface area is 118 Å². The van der Waals surface area contributed by atoms with E-state index >= 15 is 0 Å². The summed E-state index contributed by atoms with van der Waals surface area (Å²) in [6.07, 6.45) is 2.24.